The minimum Gasteiger partial charge on any atom is -0.487 e. The molecule has 0 bridgehead atoms. The molecule has 104 valence electrons. The second-order valence-electron chi connectivity index (χ2n) is 5.06. The summed E-state index contributed by atoms with van der Waals surface area (Å²) in [5.41, 5.74) is 2.01. The van der Waals surface area contributed by atoms with Gasteiger partial charge in [-0.25, -0.2) is 4.39 Å². The second-order valence-corrected chi connectivity index (χ2v) is 5.06. The van der Waals surface area contributed by atoms with E-state index in [1.807, 2.05) is 18.3 Å². The molecule has 0 atom stereocenters. The molecule has 1 aliphatic rings. The summed E-state index contributed by atoms with van der Waals surface area (Å²) in [6, 6.07) is 10.8. The summed E-state index contributed by atoms with van der Waals surface area (Å²) in [7, 11) is 0. The highest BCUT2D eigenvalue weighted by Crippen LogP contribution is 2.19. The molecule has 1 aromatic heterocycles. The number of ether oxygens (including phenoxy) is 1. The van der Waals surface area contributed by atoms with Crippen LogP contribution in [0.25, 0.3) is 0 Å². The normalized spacial score (nSPS) is 14.2. The van der Waals surface area contributed by atoms with Crippen LogP contribution in [0.15, 0.2) is 42.6 Å². The van der Waals surface area contributed by atoms with E-state index in [0.29, 0.717) is 18.4 Å². The number of nitrogens with zero attached hydrogens (tertiary/aromatic N) is 1. The van der Waals surface area contributed by atoms with Gasteiger partial charge in [0.05, 0.1) is 5.69 Å². The van der Waals surface area contributed by atoms with Crippen LogP contribution in [0.2, 0.25) is 0 Å². The molecule has 0 spiro atoms. The second kappa shape index (κ2) is 6.01. The van der Waals surface area contributed by atoms with Gasteiger partial charge in [0.1, 0.15) is 18.2 Å². The maximum Gasteiger partial charge on any atom is 0.130 e. The lowest BCUT2D eigenvalue weighted by Gasteiger charge is -2.07. The minimum absolute atomic E-state index is 0.294. The summed E-state index contributed by atoms with van der Waals surface area (Å²) in [6.07, 6.45) is 4.43. The van der Waals surface area contributed by atoms with Crippen molar-refractivity contribution in [3.05, 3.63) is 59.7 Å². The maximum absolute atomic E-state index is 13.0. The molecule has 1 aliphatic carbocycles. The van der Waals surface area contributed by atoms with Crippen LogP contribution in [-0.4, -0.2) is 11.0 Å². The Kier molecular flexibility index (Phi) is 3.92. The highest BCUT2D eigenvalue weighted by Gasteiger charge is 2.19. The van der Waals surface area contributed by atoms with Crippen molar-refractivity contribution in [2.24, 2.45) is 0 Å². The Morgan fingerprint density at radius 3 is 2.85 bits per heavy atom. The van der Waals surface area contributed by atoms with Gasteiger partial charge in [-0.15, -0.1) is 0 Å². The summed E-state index contributed by atoms with van der Waals surface area (Å²) in [4.78, 5) is 4.36. The van der Waals surface area contributed by atoms with E-state index in [1.54, 1.807) is 12.1 Å². The molecule has 0 unspecified atom stereocenters. The lowest BCUT2D eigenvalue weighted by molar-refractivity contribution is 0.299. The van der Waals surface area contributed by atoms with Gasteiger partial charge in [-0.3, -0.25) is 4.98 Å². The van der Waals surface area contributed by atoms with Crippen LogP contribution in [0.1, 0.15) is 24.1 Å². The quantitative estimate of drug-likeness (QED) is 0.877. The lowest BCUT2D eigenvalue weighted by Crippen LogP contribution is -2.15. The van der Waals surface area contributed by atoms with Crippen LogP contribution in [0.5, 0.6) is 5.75 Å². The first-order valence-corrected chi connectivity index (χ1v) is 6.85. The number of halogens is 1. The molecule has 1 fully saturated rings. The predicted octanol–water partition coefficient (Wildman–Crippen LogP) is 3.05. The van der Waals surface area contributed by atoms with E-state index in [-0.39, 0.29) is 5.82 Å². The van der Waals surface area contributed by atoms with Crippen molar-refractivity contribution in [1.82, 2.24) is 10.3 Å². The van der Waals surface area contributed by atoms with Gasteiger partial charge >= 0.3 is 0 Å². The summed E-state index contributed by atoms with van der Waals surface area (Å²) >= 11 is 0. The maximum atomic E-state index is 13.0. The molecular weight excluding hydrogens is 255 g/mol. The fraction of sp³-hybridized carbons (Fsp3) is 0.312. The Morgan fingerprint density at radius 1 is 1.25 bits per heavy atom. The molecule has 0 amide bonds. The highest BCUT2D eigenvalue weighted by atomic mass is 19.1. The fourth-order valence-electron chi connectivity index (χ4n) is 1.91. The highest BCUT2D eigenvalue weighted by molar-refractivity contribution is 5.23. The van der Waals surface area contributed by atoms with Crippen LogP contribution in [0.4, 0.5) is 4.39 Å². The smallest absolute Gasteiger partial charge is 0.130 e. The van der Waals surface area contributed by atoms with Crippen molar-refractivity contribution in [2.75, 3.05) is 0 Å². The van der Waals surface area contributed by atoms with Gasteiger partial charge in [0.25, 0.3) is 0 Å². The van der Waals surface area contributed by atoms with Gasteiger partial charge < -0.3 is 10.1 Å². The number of nitrogens with one attached hydrogen (secondary N) is 1. The van der Waals surface area contributed by atoms with Gasteiger partial charge in [-0.1, -0.05) is 12.1 Å². The zero-order valence-corrected chi connectivity index (χ0v) is 11.2. The molecule has 1 aromatic carbocycles. The molecule has 20 heavy (non-hydrogen) atoms. The first-order valence-electron chi connectivity index (χ1n) is 6.85. The summed E-state index contributed by atoms with van der Waals surface area (Å²) in [5, 5.41) is 3.44. The molecule has 0 radical (unpaired) electrons. The van der Waals surface area contributed by atoms with E-state index in [0.717, 1.165) is 12.2 Å². The van der Waals surface area contributed by atoms with Crippen LogP contribution in [0, 0.1) is 5.82 Å². The van der Waals surface area contributed by atoms with Crippen molar-refractivity contribution < 1.29 is 9.13 Å². The van der Waals surface area contributed by atoms with Crippen LogP contribution >= 0.6 is 0 Å². The minimum atomic E-state index is -0.294. The zero-order valence-electron chi connectivity index (χ0n) is 11.2. The third-order valence-electron chi connectivity index (χ3n) is 3.24. The largest absolute Gasteiger partial charge is 0.487 e. The van der Waals surface area contributed by atoms with Crippen molar-refractivity contribution in [3.8, 4) is 5.75 Å². The van der Waals surface area contributed by atoms with Gasteiger partial charge in [0, 0.05) is 24.8 Å². The Bertz CT molecular complexity index is 567. The van der Waals surface area contributed by atoms with Crippen molar-refractivity contribution in [2.45, 2.75) is 32.0 Å². The number of aromatic nitrogens is 1. The molecule has 3 rings (SSSR count). The molecule has 0 saturated heterocycles. The number of pyridine rings is 1. The zero-order chi connectivity index (χ0) is 13.8. The van der Waals surface area contributed by atoms with Crippen LogP contribution in [-0.2, 0) is 13.2 Å². The number of rotatable bonds is 6. The standard InChI is InChI=1S/C16H17FN2O/c17-13-2-1-3-16(8-13)20-11-15-5-4-12(10-19-15)9-18-14-6-7-14/h1-5,8,10,14,18H,6-7,9,11H2. The molecule has 1 heterocycles. The molecule has 0 aliphatic heterocycles. The van der Waals surface area contributed by atoms with Gasteiger partial charge in [0.15, 0.2) is 0 Å². The van der Waals surface area contributed by atoms with E-state index in [1.165, 1.54) is 30.5 Å². The molecule has 3 nitrogen and oxygen atoms in total. The van der Waals surface area contributed by atoms with Gasteiger partial charge in [-0.05, 0) is 36.6 Å². The molecule has 4 heteroatoms. The fourth-order valence-corrected chi connectivity index (χ4v) is 1.91. The Labute approximate surface area is 117 Å². The van der Waals surface area contributed by atoms with Crippen molar-refractivity contribution >= 4 is 0 Å². The summed E-state index contributed by atoms with van der Waals surface area (Å²) in [6.45, 7) is 1.21. The number of hydrogen-bond donors (Lipinski definition) is 1. The Morgan fingerprint density at radius 2 is 2.15 bits per heavy atom. The average Bonchev–Trinajstić information content (AvgIpc) is 3.28. The van der Waals surface area contributed by atoms with Crippen molar-refractivity contribution in [3.63, 3.8) is 0 Å². The first-order chi connectivity index (χ1) is 9.79. The monoisotopic (exact) mass is 272 g/mol. The van der Waals surface area contributed by atoms with E-state index in [9.17, 15) is 4.39 Å². The number of benzene rings is 1. The lowest BCUT2D eigenvalue weighted by atomic mass is 10.2. The molecular formula is C16H17FN2O. The summed E-state index contributed by atoms with van der Waals surface area (Å²) in [5.74, 6) is 0.225. The number of hydrogen-bond acceptors (Lipinski definition) is 3. The third-order valence-corrected chi connectivity index (χ3v) is 3.24. The van der Waals surface area contributed by atoms with E-state index < -0.39 is 0 Å². The summed E-state index contributed by atoms with van der Waals surface area (Å²) < 4.78 is 18.5. The predicted molar refractivity (Wildman–Crippen MR) is 74.8 cm³/mol. The van der Waals surface area contributed by atoms with Crippen molar-refractivity contribution in [1.29, 1.82) is 0 Å². The van der Waals surface area contributed by atoms with Crippen LogP contribution in [0.3, 0.4) is 0 Å². The Hall–Kier alpha value is -1.94. The van der Waals surface area contributed by atoms with Gasteiger partial charge in [-0.2, -0.15) is 0 Å². The molecule has 2 aromatic rings. The first kappa shape index (κ1) is 13.1. The van der Waals surface area contributed by atoms with Crippen LogP contribution < -0.4 is 10.1 Å². The Balaban J connectivity index is 1.52. The van der Waals surface area contributed by atoms with E-state index in [2.05, 4.69) is 10.3 Å². The molecule has 1 saturated carbocycles. The average molecular weight is 272 g/mol. The SMILES string of the molecule is Fc1cccc(OCc2ccc(CNC3CC3)cn2)c1. The van der Waals surface area contributed by atoms with E-state index in [4.69, 9.17) is 4.74 Å². The topological polar surface area (TPSA) is 34.1 Å². The van der Waals surface area contributed by atoms with E-state index >= 15 is 0 Å². The molecule has 1 N–H and O–H groups in total. The third kappa shape index (κ3) is 3.78. The van der Waals surface area contributed by atoms with Gasteiger partial charge in [0.2, 0.25) is 0 Å².